The SMILES string of the molecule is Cc1cnc(NC(C)(C)C)nc1Nc1cccc(C(=O)CC(C)(C)C)c1. The molecule has 0 fully saturated rings. The molecule has 0 aliphatic carbocycles. The molecule has 0 unspecified atom stereocenters. The lowest BCUT2D eigenvalue weighted by Gasteiger charge is -2.21. The standard InChI is InChI=1S/C21H30N4O/c1-14-13-22-19(25-21(5,6)7)24-18(14)23-16-10-8-9-15(11-16)17(26)12-20(2,3)4/h8-11,13H,12H2,1-7H3,(H2,22,23,24,25). The number of benzene rings is 1. The van der Waals surface area contributed by atoms with Crippen LogP contribution in [0, 0.1) is 12.3 Å². The molecule has 5 heteroatoms. The molecule has 26 heavy (non-hydrogen) atoms. The molecule has 5 nitrogen and oxygen atoms in total. The average molecular weight is 354 g/mol. The Kier molecular flexibility index (Phi) is 5.69. The van der Waals surface area contributed by atoms with E-state index in [4.69, 9.17) is 0 Å². The van der Waals surface area contributed by atoms with Gasteiger partial charge in [-0.1, -0.05) is 32.9 Å². The summed E-state index contributed by atoms with van der Waals surface area (Å²) in [6, 6.07) is 7.57. The first kappa shape index (κ1) is 19.9. The molecule has 0 bridgehead atoms. The van der Waals surface area contributed by atoms with E-state index in [1.165, 1.54) is 0 Å². The molecule has 1 heterocycles. The fourth-order valence-corrected chi connectivity index (χ4v) is 2.46. The highest BCUT2D eigenvalue weighted by molar-refractivity contribution is 5.97. The molecule has 0 radical (unpaired) electrons. The maximum atomic E-state index is 12.5. The van der Waals surface area contributed by atoms with Crippen molar-refractivity contribution in [3.05, 3.63) is 41.6 Å². The summed E-state index contributed by atoms with van der Waals surface area (Å²) in [6.07, 6.45) is 2.31. The number of hydrogen-bond donors (Lipinski definition) is 2. The normalized spacial score (nSPS) is 12.0. The minimum absolute atomic E-state index is 0.0305. The van der Waals surface area contributed by atoms with Crippen LogP contribution in [-0.4, -0.2) is 21.3 Å². The van der Waals surface area contributed by atoms with E-state index in [2.05, 4.69) is 62.1 Å². The van der Waals surface area contributed by atoms with Gasteiger partial charge in [0.05, 0.1) is 0 Å². The van der Waals surface area contributed by atoms with Crippen LogP contribution in [0.2, 0.25) is 0 Å². The van der Waals surface area contributed by atoms with E-state index in [0.29, 0.717) is 17.9 Å². The van der Waals surface area contributed by atoms with Gasteiger partial charge in [0.15, 0.2) is 5.78 Å². The first-order valence-electron chi connectivity index (χ1n) is 8.95. The van der Waals surface area contributed by atoms with Gasteiger partial charge in [-0.15, -0.1) is 0 Å². The first-order chi connectivity index (χ1) is 11.9. The second-order valence-corrected chi connectivity index (χ2v) is 8.97. The Labute approximate surface area is 156 Å². The lowest BCUT2D eigenvalue weighted by Crippen LogP contribution is -2.27. The summed E-state index contributed by atoms with van der Waals surface area (Å²) in [7, 11) is 0. The third-order valence-corrected chi connectivity index (χ3v) is 3.60. The van der Waals surface area contributed by atoms with Crippen molar-refractivity contribution in [2.75, 3.05) is 10.6 Å². The highest BCUT2D eigenvalue weighted by Gasteiger charge is 2.18. The second-order valence-electron chi connectivity index (χ2n) is 8.97. The maximum absolute atomic E-state index is 12.5. The van der Waals surface area contributed by atoms with Crippen LogP contribution < -0.4 is 10.6 Å². The second kappa shape index (κ2) is 7.44. The van der Waals surface area contributed by atoms with E-state index in [0.717, 1.165) is 17.1 Å². The smallest absolute Gasteiger partial charge is 0.225 e. The molecule has 0 aliphatic rings. The molecular formula is C21H30N4O. The third kappa shape index (κ3) is 6.14. The number of Topliss-reactive ketones (excluding diaryl/α,β-unsaturated/α-hetero) is 1. The lowest BCUT2D eigenvalue weighted by molar-refractivity contribution is 0.0940. The highest BCUT2D eigenvalue weighted by Crippen LogP contribution is 2.24. The van der Waals surface area contributed by atoms with Crippen LogP contribution in [0.15, 0.2) is 30.5 Å². The molecular weight excluding hydrogens is 324 g/mol. The van der Waals surface area contributed by atoms with Gasteiger partial charge in [0, 0.05) is 35.0 Å². The van der Waals surface area contributed by atoms with Crippen LogP contribution >= 0.6 is 0 Å². The van der Waals surface area contributed by atoms with Crippen molar-refractivity contribution in [1.29, 1.82) is 0 Å². The predicted octanol–water partition coefficient (Wildman–Crippen LogP) is 5.36. The molecule has 0 atom stereocenters. The van der Waals surface area contributed by atoms with Crippen LogP contribution in [0.1, 0.15) is 63.9 Å². The van der Waals surface area contributed by atoms with Gasteiger partial charge in [-0.25, -0.2) is 4.98 Å². The predicted molar refractivity (Wildman–Crippen MR) is 108 cm³/mol. The summed E-state index contributed by atoms with van der Waals surface area (Å²) in [5.41, 5.74) is 2.34. The molecule has 1 aromatic carbocycles. The van der Waals surface area contributed by atoms with E-state index in [1.54, 1.807) is 6.20 Å². The molecule has 2 N–H and O–H groups in total. The number of aryl methyl sites for hydroxylation is 1. The Hall–Kier alpha value is -2.43. The summed E-state index contributed by atoms with van der Waals surface area (Å²) in [5, 5.41) is 6.59. The molecule has 2 aromatic rings. The fourth-order valence-electron chi connectivity index (χ4n) is 2.46. The molecule has 0 saturated carbocycles. The van der Waals surface area contributed by atoms with Crippen LogP contribution in [0.3, 0.4) is 0 Å². The molecule has 2 rings (SSSR count). The zero-order chi connectivity index (χ0) is 19.5. The monoisotopic (exact) mass is 354 g/mol. The van der Waals surface area contributed by atoms with E-state index >= 15 is 0 Å². The topological polar surface area (TPSA) is 66.9 Å². The number of anilines is 3. The van der Waals surface area contributed by atoms with Gasteiger partial charge < -0.3 is 10.6 Å². The largest absolute Gasteiger partial charge is 0.350 e. The quantitative estimate of drug-likeness (QED) is 0.708. The summed E-state index contributed by atoms with van der Waals surface area (Å²) in [4.78, 5) is 21.4. The molecule has 0 amide bonds. The number of carbonyl (C=O) groups is 1. The molecule has 0 spiro atoms. The van der Waals surface area contributed by atoms with Gasteiger partial charge >= 0.3 is 0 Å². The van der Waals surface area contributed by atoms with Crippen molar-refractivity contribution >= 4 is 23.2 Å². The minimum atomic E-state index is -0.119. The van der Waals surface area contributed by atoms with E-state index in [-0.39, 0.29) is 16.7 Å². The molecule has 0 aliphatic heterocycles. The summed E-state index contributed by atoms with van der Waals surface area (Å²) in [5.74, 6) is 1.45. The van der Waals surface area contributed by atoms with Gasteiger partial charge in [-0.2, -0.15) is 4.98 Å². The van der Waals surface area contributed by atoms with Crippen LogP contribution in [0.5, 0.6) is 0 Å². The zero-order valence-corrected chi connectivity index (χ0v) is 16.9. The van der Waals surface area contributed by atoms with Crippen molar-refractivity contribution in [3.63, 3.8) is 0 Å². The van der Waals surface area contributed by atoms with E-state index < -0.39 is 0 Å². The van der Waals surface area contributed by atoms with Gasteiger partial charge in [0.1, 0.15) is 5.82 Å². The molecule has 140 valence electrons. The number of carbonyl (C=O) groups excluding carboxylic acids is 1. The van der Waals surface area contributed by atoms with Gasteiger partial charge in [0.25, 0.3) is 0 Å². The highest BCUT2D eigenvalue weighted by atomic mass is 16.1. The zero-order valence-electron chi connectivity index (χ0n) is 16.9. The summed E-state index contributed by atoms with van der Waals surface area (Å²) < 4.78 is 0. The number of nitrogens with zero attached hydrogens (tertiary/aromatic N) is 2. The van der Waals surface area contributed by atoms with Crippen molar-refractivity contribution in [2.45, 2.75) is 60.4 Å². The van der Waals surface area contributed by atoms with Crippen LogP contribution in [0.4, 0.5) is 17.5 Å². The Bertz CT molecular complexity index is 785. The number of aromatic nitrogens is 2. The van der Waals surface area contributed by atoms with Crippen molar-refractivity contribution < 1.29 is 4.79 Å². The maximum Gasteiger partial charge on any atom is 0.225 e. The number of rotatable bonds is 5. The van der Waals surface area contributed by atoms with Crippen molar-refractivity contribution in [1.82, 2.24) is 9.97 Å². The Morgan fingerprint density at radius 1 is 1.12 bits per heavy atom. The van der Waals surface area contributed by atoms with Crippen LogP contribution in [0.25, 0.3) is 0 Å². The first-order valence-corrected chi connectivity index (χ1v) is 8.95. The third-order valence-electron chi connectivity index (χ3n) is 3.60. The van der Waals surface area contributed by atoms with Crippen molar-refractivity contribution in [2.24, 2.45) is 5.41 Å². The Morgan fingerprint density at radius 3 is 2.42 bits per heavy atom. The minimum Gasteiger partial charge on any atom is -0.350 e. The van der Waals surface area contributed by atoms with Crippen molar-refractivity contribution in [3.8, 4) is 0 Å². The number of nitrogens with one attached hydrogen (secondary N) is 2. The van der Waals surface area contributed by atoms with E-state index in [9.17, 15) is 4.79 Å². The Morgan fingerprint density at radius 2 is 1.81 bits per heavy atom. The fraction of sp³-hybridized carbons (Fsp3) is 0.476. The van der Waals surface area contributed by atoms with Gasteiger partial charge in [0.2, 0.25) is 5.95 Å². The van der Waals surface area contributed by atoms with Gasteiger partial charge in [-0.3, -0.25) is 4.79 Å². The average Bonchev–Trinajstić information content (AvgIpc) is 2.48. The Balaban J connectivity index is 2.22. The molecule has 0 saturated heterocycles. The number of hydrogen-bond acceptors (Lipinski definition) is 5. The van der Waals surface area contributed by atoms with Gasteiger partial charge in [-0.05, 0) is 45.2 Å². The van der Waals surface area contributed by atoms with E-state index in [1.807, 2.05) is 31.2 Å². The number of ketones is 1. The van der Waals surface area contributed by atoms with Crippen LogP contribution in [-0.2, 0) is 0 Å². The lowest BCUT2D eigenvalue weighted by atomic mass is 9.88. The molecule has 1 aromatic heterocycles. The summed E-state index contributed by atoms with van der Waals surface area (Å²) in [6.45, 7) is 14.4. The summed E-state index contributed by atoms with van der Waals surface area (Å²) >= 11 is 0.